The number of rotatable bonds is 7. The number of nitriles is 1. The van der Waals surface area contributed by atoms with E-state index >= 15 is 0 Å². The number of methoxy groups -OCH3 is 2. The molecule has 0 saturated heterocycles. The van der Waals surface area contributed by atoms with E-state index in [1.807, 2.05) is 18.2 Å². The molecule has 7 heteroatoms. The molecule has 0 atom stereocenters. The van der Waals surface area contributed by atoms with Gasteiger partial charge in [0.15, 0.2) is 11.5 Å². The molecule has 0 saturated carbocycles. The van der Waals surface area contributed by atoms with Gasteiger partial charge in [-0.1, -0.05) is 6.92 Å². The van der Waals surface area contributed by atoms with Crippen LogP contribution in [-0.2, 0) is 13.0 Å². The molecule has 0 aliphatic heterocycles. The zero-order valence-electron chi connectivity index (χ0n) is 15.6. The fourth-order valence-corrected chi connectivity index (χ4v) is 3.92. The second-order valence-electron chi connectivity index (χ2n) is 6.01. The van der Waals surface area contributed by atoms with Gasteiger partial charge >= 0.3 is 0 Å². The summed E-state index contributed by atoms with van der Waals surface area (Å²) in [5, 5.41) is 9.49. The molecule has 0 N–H and O–H groups in total. The fraction of sp³-hybridized carbons (Fsp3) is 0.350. The predicted molar refractivity (Wildman–Crippen MR) is 107 cm³/mol. The lowest BCUT2D eigenvalue weighted by molar-refractivity contribution is 0.355. The maximum absolute atomic E-state index is 13.1. The summed E-state index contributed by atoms with van der Waals surface area (Å²) in [6, 6.07) is 9.54. The van der Waals surface area contributed by atoms with Crippen molar-refractivity contribution in [2.75, 3.05) is 14.2 Å². The van der Waals surface area contributed by atoms with Crippen LogP contribution in [0.25, 0.3) is 21.6 Å². The lowest BCUT2D eigenvalue weighted by Crippen LogP contribution is -2.23. The lowest BCUT2D eigenvalue weighted by atomic mass is 10.1. The third-order valence-corrected chi connectivity index (χ3v) is 5.54. The second-order valence-corrected chi connectivity index (χ2v) is 7.12. The number of aryl methyl sites for hydroxylation is 1. The normalized spacial score (nSPS) is 10.7. The molecule has 6 nitrogen and oxygen atoms in total. The number of unbranched alkanes of at least 4 members (excludes halogenated alkanes) is 1. The molecule has 0 radical (unpaired) electrons. The van der Waals surface area contributed by atoms with E-state index in [0.717, 1.165) is 21.7 Å². The van der Waals surface area contributed by atoms with Gasteiger partial charge in [-0.25, -0.2) is 4.98 Å². The van der Waals surface area contributed by atoms with E-state index in [1.165, 1.54) is 0 Å². The molecule has 3 aromatic rings. The molecule has 140 valence electrons. The van der Waals surface area contributed by atoms with E-state index in [9.17, 15) is 4.79 Å². The average Bonchev–Trinajstić information content (AvgIpc) is 3.12. The minimum Gasteiger partial charge on any atom is -0.493 e. The molecule has 3 rings (SSSR count). The molecule has 0 amide bonds. The Bertz CT molecular complexity index is 1060. The molecule has 1 aromatic carbocycles. The largest absolute Gasteiger partial charge is 0.493 e. The van der Waals surface area contributed by atoms with Crippen LogP contribution in [0.2, 0.25) is 0 Å². The van der Waals surface area contributed by atoms with E-state index in [1.54, 1.807) is 36.2 Å². The molecular formula is C20H21N3O3S. The van der Waals surface area contributed by atoms with E-state index in [-0.39, 0.29) is 5.56 Å². The Morgan fingerprint density at radius 2 is 2.00 bits per heavy atom. The van der Waals surface area contributed by atoms with Crippen molar-refractivity contribution in [3.8, 4) is 29.0 Å². The van der Waals surface area contributed by atoms with Crippen LogP contribution in [0.1, 0.15) is 24.6 Å². The molecule has 0 bridgehead atoms. The number of hydrogen-bond acceptors (Lipinski definition) is 6. The van der Waals surface area contributed by atoms with E-state index in [4.69, 9.17) is 19.7 Å². The van der Waals surface area contributed by atoms with Gasteiger partial charge in [0.1, 0.15) is 10.7 Å². The maximum atomic E-state index is 13.1. The van der Waals surface area contributed by atoms with Crippen LogP contribution in [0.15, 0.2) is 29.1 Å². The molecule has 2 aromatic heterocycles. The summed E-state index contributed by atoms with van der Waals surface area (Å²) in [4.78, 5) is 19.8. The van der Waals surface area contributed by atoms with Crippen molar-refractivity contribution in [3.05, 3.63) is 39.5 Å². The Morgan fingerprint density at radius 3 is 2.67 bits per heavy atom. The summed E-state index contributed by atoms with van der Waals surface area (Å²) in [5.41, 5.74) is 0.703. The number of thiophene rings is 1. The highest BCUT2D eigenvalue weighted by atomic mass is 32.1. The molecular weight excluding hydrogens is 362 g/mol. The first-order chi connectivity index (χ1) is 13.1. The summed E-state index contributed by atoms with van der Waals surface area (Å²) in [7, 11) is 3.16. The van der Waals surface area contributed by atoms with Crippen molar-refractivity contribution in [1.82, 2.24) is 9.55 Å². The first kappa shape index (κ1) is 18.9. The highest BCUT2D eigenvalue weighted by Gasteiger charge is 2.16. The Labute approximate surface area is 161 Å². The van der Waals surface area contributed by atoms with Crippen LogP contribution in [0.5, 0.6) is 11.5 Å². The van der Waals surface area contributed by atoms with E-state index in [0.29, 0.717) is 42.1 Å². The molecule has 27 heavy (non-hydrogen) atoms. The topological polar surface area (TPSA) is 77.1 Å². The molecule has 0 unspecified atom stereocenters. The van der Waals surface area contributed by atoms with Crippen LogP contribution in [0.3, 0.4) is 0 Å². The number of nitrogens with zero attached hydrogens (tertiary/aromatic N) is 3. The monoisotopic (exact) mass is 383 g/mol. The second kappa shape index (κ2) is 8.23. The molecule has 0 aliphatic carbocycles. The quantitative estimate of drug-likeness (QED) is 0.576. The summed E-state index contributed by atoms with van der Waals surface area (Å²) < 4.78 is 12.4. The molecule has 2 heterocycles. The summed E-state index contributed by atoms with van der Waals surface area (Å²) >= 11 is 1.54. The van der Waals surface area contributed by atoms with Gasteiger partial charge in [0, 0.05) is 23.4 Å². The standard InChI is InChI=1S/C20H21N3O3S/c1-4-14-12-15-19(27-14)22-18(23(20(15)24)10-6-5-9-21)13-7-8-16(25-2)17(11-13)26-3/h7-8,11-12H,4-6,10H2,1-3H3. The van der Waals surface area contributed by atoms with Crippen molar-refractivity contribution >= 4 is 21.6 Å². The van der Waals surface area contributed by atoms with Gasteiger partial charge in [-0.05, 0) is 37.1 Å². The minimum atomic E-state index is -0.0707. The van der Waals surface area contributed by atoms with Gasteiger partial charge in [0.25, 0.3) is 5.56 Å². The fourth-order valence-electron chi connectivity index (χ4n) is 2.96. The van der Waals surface area contributed by atoms with E-state index in [2.05, 4.69) is 13.0 Å². The average molecular weight is 383 g/mol. The van der Waals surface area contributed by atoms with Crippen molar-refractivity contribution in [2.24, 2.45) is 0 Å². The van der Waals surface area contributed by atoms with Crippen molar-refractivity contribution in [1.29, 1.82) is 5.26 Å². The van der Waals surface area contributed by atoms with Gasteiger partial charge < -0.3 is 9.47 Å². The minimum absolute atomic E-state index is 0.0707. The summed E-state index contributed by atoms with van der Waals surface area (Å²) in [6.07, 6.45) is 1.84. The van der Waals surface area contributed by atoms with Crippen LogP contribution >= 0.6 is 11.3 Å². The Balaban J connectivity index is 2.21. The van der Waals surface area contributed by atoms with Crippen LogP contribution < -0.4 is 15.0 Å². The van der Waals surface area contributed by atoms with Gasteiger partial charge in [-0.2, -0.15) is 5.26 Å². The van der Waals surface area contributed by atoms with Gasteiger partial charge in [-0.3, -0.25) is 9.36 Å². The highest BCUT2D eigenvalue weighted by Crippen LogP contribution is 2.32. The number of fused-ring (bicyclic) bond motifs is 1. The highest BCUT2D eigenvalue weighted by molar-refractivity contribution is 7.18. The van der Waals surface area contributed by atoms with Gasteiger partial charge in [-0.15, -0.1) is 11.3 Å². The Morgan fingerprint density at radius 1 is 1.22 bits per heavy atom. The number of hydrogen-bond donors (Lipinski definition) is 0. The van der Waals surface area contributed by atoms with Gasteiger partial charge in [0.05, 0.1) is 25.7 Å². The third-order valence-electron chi connectivity index (χ3n) is 4.36. The number of ether oxygens (including phenoxy) is 2. The SMILES string of the molecule is CCc1cc2c(=O)n(CCCC#N)c(-c3ccc(OC)c(OC)c3)nc2s1. The molecule has 0 spiro atoms. The smallest absolute Gasteiger partial charge is 0.262 e. The lowest BCUT2D eigenvalue weighted by Gasteiger charge is -2.14. The number of benzene rings is 1. The van der Waals surface area contributed by atoms with Crippen LogP contribution in [0, 0.1) is 11.3 Å². The number of aromatic nitrogens is 2. The first-order valence-electron chi connectivity index (χ1n) is 8.75. The summed E-state index contributed by atoms with van der Waals surface area (Å²) in [5.74, 6) is 1.77. The zero-order valence-corrected chi connectivity index (χ0v) is 16.4. The van der Waals surface area contributed by atoms with Gasteiger partial charge in [0.2, 0.25) is 0 Å². The molecule has 0 fully saturated rings. The molecule has 0 aliphatic rings. The third kappa shape index (κ3) is 3.67. The van der Waals surface area contributed by atoms with Crippen LogP contribution in [0.4, 0.5) is 0 Å². The van der Waals surface area contributed by atoms with Crippen molar-refractivity contribution in [2.45, 2.75) is 32.7 Å². The first-order valence-corrected chi connectivity index (χ1v) is 9.57. The predicted octanol–water partition coefficient (Wildman–Crippen LogP) is 4.01. The van der Waals surface area contributed by atoms with Crippen molar-refractivity contribution < 1.29 is 9.47 Å². The van der Waals surface area contributed by atoms with E-state index < -0.39 is 0 Å². The Hall–Kier alpha value is -2.85. The van der Waals surface area contributed by atoms with Crippen molar-refractivity contribution in [3.63, 3.8) is 0 Å². The summed E-state index contributed by atoms with van der Waals surface area (Å²) in [6.45, 7) is 2.50. The Kier molecular flexibility index (Phi) is 5.77. The maximum Gasteiger partial charge on any atom is 0.262 e. The zero-order chi connectivity index (χ0) is 19.4. The van der Waals surface area contributed by atoms with Crippen LogP contribution in [-0.4, -0.2) is 23.8 Å².